The molecule has 3 aliphatic rings. The number of benzene rings is 2. The summed E-state index contributed by atoms with van der Waals surface area (Å²) in [5.41, 5.74) is 0.678. The van der Waals surface area contributed by atoms with Gasteiger partial charge in [-0.1, -0.05) is 36.4 Å². The van der Waals surface area contributed by atoms with Crippen LogP contribution in [0.5, 0.6) is 0 Å². The quantitative estimate of drug-likeness (QED) is 0.512. The molecular formula is C29H31N3O6. The molecule has 0 aromatic heterocycles. The molecule has 2 unspecified atom stereocenters. The number of ketones is 2. The topological polar surface area (TPSA) is 113 Å². The average Bonchev–Trinajstić information content (AvgIpc) is 3.62. The average molecular weight is 518 g/mol. The van der Waals surface area contributed by atoms with E-state index in [0.29, 0.717) is 29.3 Å². The van der Waals surface area contributed by atoms with Gasteiger partial charge < -0.3 is 19.9 Å². The van der Waals surface area contributed by atoms with Gasteiger partial charge in [0.1, 0.15) is 19.1 Å². The monoisotopic (exact) mass is 517 g/mol. The number of rotatable bonds is 9. The Morgan fingerprint density at radius 3 is 2.55 bits per heavy atom. The third kappa shape index (κ3) is 4.86. The van der Waals surface area contributed by atoms with E-state index in [1.807, 2.05) is 42.2 Å². The van der Waals surface area contributed by atoms with Crippen LogP contribution < -0.4 is 5.32 Å². The molecule has 38 heavy (non-hydrogen) atoms. The largest absolute Gasteiger partial charge is 0.334 e. The Labute approximate surface area is 221 Å². The first-order valence-electron chi connectivity index (χ1n) is 12.9. The van der Waals surface area contributed by atoms with Crippen LogP contribution in [-0.4, -0.2) is 58.4 Å². The maximum atomic E-state index is 13.6. The van der Waals surface area contributed by atoms with Crippen molar-refractivity contribution in [1.29, 1.82) is 0 Å². The van der Waals surface area contributed by atoms with E-state index < -0.39 is 23.2 Å². The van der Waals surface area contributed by atoms with Gasteiger partial charge in [-0.15, -0.1) is 0 Å². The molecule has 2 aromatic carbocycles. The van der Waals surface area contributed by atoms with Gasteiger partial charge in [0.2, 0.25) is 17.4 Å². The minimum Gasteiger partial charge on any atom is -0.334 e. The normalized spacial score (nSPS) is 20.9. The Morgan fingerprint density at radius 2 is 1.87 bits per heavy atom. The second-order valence-corrected chi connectivity index (χ2v) is 10.4. The maximum absolute atomic E-state index is 13.6. The number of amides is 3. The van der Waals surface area contributed by atoms with Crippen molar-refractivity contribution < 1.29 is 28.7 Å². The molecule has 9 heteroatoms. The van der Waals surface area contributed by atoms with Crippen LogP contribution in [0, 0.1) is 5.92 Å². The number of anilines is 1. The van der Waals surface area contributed by atoms with E-state index in [2.05, 4.69) is 5.32 Å². The first kappa shape index (κ1) is 25.8. The zero-order valence-corrected chi connectivity index (χ0v) is 21.6. The van der Waals surface area contributed by atoms with Crippen molar-refractivity contribution in [2.75, 3.05) is 18.6 Å². The number of fused-ring (bicyclic) bond motifs is 2. The fourth-order valence-electron chi connectivity index (χ4n) is 5.39. The zero-order valence-electron chi connectivity index (χ0n) is 21.6. The van der Waals surface area contributed by atoms with Crippen molar-refractivity contribution >= 4 is 35.0 Å². The predicted octanol–water partition coefficient (Wildman–Crippen LogP) is 2.57. The summed E-state index contributed by atoms with van der Waals surface area (Å²) in [5, 5.41) is 2.64. The van der Waals surface area contributed by atoms with E-state index in [9.17, 15) is 24.0 Å². The number of carbonyl (C=O) groups excluding carboxylic acids is 5. The van der Waals surface area contributed by atoms with Crippen LogP contribution in [0.3, 0.4) is 0 Å². The molecule has 198 valence electrons. The van der Waals surface area contributed by atoms with Crippen molar-refractivity contribution in [3.63, 3.8) is 0 Å². The lowest BCUT2D eigenvalue weighted by molar-refractivity contribution is -0.149. The molecule has 1 N–H and O–H groups in total. The number of nitrogens with one attached hydrogen (secondary N) is 1. The van der Waals surface area contributed by atoms with Gasteiger partial charge in [-0.2, -0.15) is 0 Å². The fraction of sp³-hybridized carbons (Fsp3) is 0.414. The summed E-state index contributed by atoms with van der Waals surface area (Å²) in [6.07, 6.45) is 1.89. The smallest absolute Gasteiger partial charge is 0.269 e. The number of ether oxygens (including phenoxy) is 1. The zero-order chi connectivity index (χ0) is 27.0. The molecule has 2 aromatic rings. The van der Waals surface area contributed by atoms with Crippen LogP contribution in [0.2, 0.25) is 0 Å². The van der Waals surface area contributed by atoms with Crippen molar-refractivity contribution in [2.45, 2.75) is 57.7 Å². The summed E-state index contributed by atoms with van der Waals surface area (Å²) in [7, 11) is 0. The molecule has 2 fully saturated rings. The summed E-state index contributed by atoms with van der Waals surface area (Å²) in [6, 6.07) is 14.6. The maximum Gasteiger partial charge on any atom is 0.269 e. The number of hydrogen-bond acceptors (Lipinski definition) is 6. The number of Topliss-reactive ketones (excluding diaryl/α,β-unsaturated/α-hetero) is 2. The Kier molecular flexibility index (Phi) is 6.88. The van der Waals surface area contributed by atoms with Crippen molar-refractivity contribution in [3.05, 3.63) is 65.2 Å². The lowest BCUT2D eigenvalue weighted by Crippen LogP contribution is -2.48. The molecule has 1 saturated heterocycles. The van der Waals surface area contributed by atoms with Crippen LogP contribution in [-0.2, 0) is 47.3 Å². The molecule has 2 atom stereocenters. The summed E-state index contributed by atoms with van der Waals surface area (Å²) in [6.45, 7) is 3.49. The lowest BCUT2D eigenvalue weighted by atomic mass is 9.94. The molecule has 2 aliphatic carbocycles. The van der Waals surface area contributed by atoms with Gasteiger partial charge >= 0.3 is 0 Å². The third-order valence-corrected chi connectivity index (χ3v) is 7.58. The van der Waals surface area contributed by atoms with E-state index in [-0.39, 0.29) is 43.8 Å². The lowest BCUT2D eigenvalue weighted by Gasteiger charge is -2.31. The van der Waals surface area contributed by atoms with Crippen LogP contribution in [0.4, 0.5) is 5.69 Å². The first-order chi connectivity index (χ1) is 18.2. The second-order valence-electron chi connectivity index (χ2n) is 10.4. The molecule has 9 nitrogen and oxygen atoms in total. The Hall–Kier alpha value is -3.85. The van der Waals surface area contributed by atoms with Crippen LogP contribution in [0.25, 0.3) is 0 Å². The molecule has 1 spiro atoms. The molecular weight excluding hydrogens is 486 g/mol. The predicted molar refractivity (Wildman–Crippen MR) is 138 cm³/mol. The fourth-order valence-corrected chi connectivity index (χ4v) is 5.39. The van der Waals surface area contributed by atoms with Crippen molar-refractivity contribution in [1.82, 2.24) is 9.80 Å². The molecule has 5 rings (SSSR count). The Bertz CT molecular complexity index is 1300. The Balaban J connectivity index is 1.32. The molecule has 0 radical (unpaired) electrons. The standard InChI is InChI=1S/C29H31N3O6/c1-18(33)12-26(35)30-23-10-11-24-22(13-23)14-25(34)29(24)28(37)31(17-38-29)16-27(36)32(19(2)21-8-9-21)15-20-6-4-3-5-7-20/h3-7,10-11,13,19,21H,8-9,12,14-17H2,1-2H3,(H,30,35). The van der Waals surface area contributed by atoms with Gasteiger partial charge in [-0.3, -0.25) is 24.0 Å². The molecule has 1 aliphatic heterocycles. The SMILES string of the molecule is CC(=O)CC(=O)Nc1ccc2c(c1)CC(=O)C21OCN(CC(=O)N(Cc2ccccc2)C(C)C2CC2)C1=O. The second kappa shape index (κ2) is 10.1. The van der Waals surface area contributed by atoms with Crippen LogP contribution >= 0.6 is 0 Å². The van der Waals surface area contributed by atoms with Crippen molar-refractivity contribution in [2.24, 2.45) is 5.92 Å². The van der Waals surface area contributed by atoms with Crippen LogP contribution in [0.1, 0.15) is 49.8 Å². The van der Waals surface area contributed by atoms with Crippen molar-refractivity contribution in [3.8, 4) is 0 Å². The first-order valence-corrected chi connectivity index (χ1v) is 12.9. The highest BCUT2D eigenvalue weighted by Crippen LogP contribution is 2.43. The molecule has 1 heterocycles. The van der Waals surface area contributed by atoms with Gasteiger partial charge in [-0.25, -0.2) is 0 Å². The highest BCUT2D eigenvalue weighted by Gasteiger charge is 2.59. The van der Waals surface area contributed by atoms with Gasteiger partial charge in [0.25, 0.3) is 5.91 Å². The molecule has 0 bridgehead atoms. The molecule has 1 saturated carbocycles. The minimum atomic E-state index is -1.77. The summed E-state index contributed by atoms with van der Waals surface area (Å²) >= 11 is 0. The highest BCUT2D eigenvalue weighted by molar-refractivity contribution is 6.15. The van der Waals surface area contributed by atoms with E-state index in [1.54, 1.807) is 18.2 Å². The number of hydrogen-bond donors (Lipinski definition) is 1. The van der Waals surface area contributed by atoms with Gasteiger partial charge in [0.15, 0.2) is 5.78 Å². The summed E-state index contributed by atoms with van der Waals surface area (Å²) in [4.78, 5) is 66.6. The van der Waals surface area contributed by atoms with Gasteiger partial charge in [0, 0.05) is 30.3 Å². The van der Waals surface area contributed by atoms with E-state index in [1.165, 1.54) is 11.8 Å². The summed E-state index contributed by atoms with van der Waals surface area (Å²) in [5.74, 6) is -1.38. The Morgan fingerprint density at radius 1 is 1.13 bits per heavy atom. The minimum absolute atomic E-state index is 0.0296. The summed E-state index contributed by atoms with van der Waals surface area (Å²) < 4.78 is 5.88. The van der Waals surface area contributed by atoms with E-state index in [4.69, 9.17) is 4.74 Å². The number of carbonyl (C=O) groups is 5. The molecule has 3 amide bonds. The number of nitrogens with zero attached hydrogens (tertiary/aromatic N) is 2. The van der Waals surface area contributed by atoms with Gasteiger partial charge in [-0.05, 0) is 55.9 Å². The van der Waals surface area contributed by atoms with E-state index in [0.717, 1.165) is 18.4 Å². The van der Waals surface area contributed by atoms with E-state index >= 15 is 0 Å². The van der Waals surface area contributed by atoms with Crippen LogP contribution in [0.15, 0.2) is 48.5 Å². The third-order valence-electron chi connectivity index (χ3n) is 7.58. The highest BCUT2D eigenvalue weighted by atomic mass is 16.5. The van der Waals surface area contributed by atoms with Gasteiger partial charge in [0.05, 0.1) is 6.42 Å².